The molecule has 48 heavy (non-hydrogen) atoms. The lowest BCUT2D eigenvalue weighted by Crippen LogP contribution is -2.51. The molecule has 9 heteroatoms. The number of hydrogen-bond acceptors (Lipinski definition) is 7. The second-order valence-corrected chi connectivity index (χ2v) is 20.3. The Hall–Kier alpha value is -2.31. The average molecular weight is 688 g/mol. The van der Waals surface area contributed by atoms with Gasteiger partial charge in [-0.15, -0.1) is 18.9 Å². The van der Waals surface area contributed by atoms with E-state index < -0.39 is 49.2 Å². The maximum absolute atomic E-state index is 14.5. The topological polar surface area (TPSA) is 126 Å². The summed E-state index contributed by atoms with van der Waals surface area (Å²) in [5.74, 6) is 0.138. The van der Waals surface area contributed by atoms with Crippen LogP contribution < -0.4 is 0 Å². The van der Waals surface area contributed by atoms with Gasteiger partial charge in [0.2, 0.25) is 5.91 Å². The first-order chi connectivity index (χ1) is 22.1. The van der Waals surface area contributed by atoms with E-state index in [1.165, 1.54) is 0 Å². The molecule has 3 fully saturated rings. The third kappa shape index (κ3) is 8.70. The number of Topliss-reactive ketones (excluding diaryl/α,β-unsaturated/α-hetero) is 3. The van der Waals surface area contributed by atoms with E-state index in [4.69, 9.17) is 6.42 Å². The van der Waals surface area contributed by atoms with Crippen LogP contribution in [0, 0.1) is 52.8 Å². The molecule has 0 aromatic heterocycles. The van der Waals surface area contributed by atoms with Crippen LogP contribution in [0.5, 0.6) is 0 Å². The molecule has 8 nitrogen and oxygen atoms in total. The lowest BCUT2D eigenvalue weighted by Gasteiger charge is -2.38. The number of rotatable bonds is 16. The lowest BCUT2D eigenvalue weighted by atomic mass is 9.75. The van der Waals surface area contributed by atoms with Crippen LogP contribution in [-0.2, 0) is 29.0 Å². The molecule has 0 bridgehead atoms. The molecule has 0 radical (unpaired) electrons. The van der Waals surface area contributed by atoms with Crippen LogP contribution in [0.1, 0.15) is 126 Å². The van der Waals surface area contributed by atoms with Gasteiger partial charge in [0.15, 0.2) is 21.4 Å². The summed E-state index contributed by atoms with van der Waals surface area (Å²) in [6.45, 7) is 19.2. The molecule has 1 amide bonds. The van der Waals surface area contributed by atoms with Crippen molar-refractivity contribution in [3.63, 3.8) is 0 Å². The molecule has 1 aliphatic heterocycles. The normalized spacial score (nSPS) is 27.2. The molecule has 1 heterocycles. The molecule has 0 spiro atoms. The number of carbonyl (C=O) groups excluding carboxylic acids is 4. The van der Waals surface area contributed by atoms with E-state index in [9.17, 15) is 32.7 Å². The number of amides is 1. The predicted molar refractivity (Wildman–Crippen MR) is 189 cm³/mol. The first kappa shape index (κ1) is 40.1. The summed E-state index contributed by atoms with van der Waals surface area (Å²) in [4.78, 5) is 56.8. The average Bonchev–Trinajstić information content (AvgIpc) is 3.30. The maximum Gasteiger partial charge on any atom is 0.227 e. The van der Waals surface area contributed by atoms with Crippen molar-refractivity contribution in [3.05, 3.63) is 12.7 Å². The molecule has 3 aliphatic rings. The quantitative estimate of drug-likeness (QED) is 0.153. The maximum atomic E-state index is 14.5. The van der Waals surface area contributed by atoms with E-state index in [0.717, 1.165) is 12.8 Å². The first-order valence-corrected chi connectivity index (χ1v) is 19.5. The number of ketones is 3. The minimum absolute atomic E-state index is 0.0153. The van der Waals surface area contributed by atoms with Gasteiger partial charge in [0, 0.05) is 44.6 Å². The van der Waals surface area contributed by atoms with Gasteiger partial charge in [-0.2, -0.15) is 0 Å². The van der Waals surface area contributed by atoms with E-state index >= 15 is 0 Å². The van der Waals surface area contributed by atoms with Crippen LogP contribution in [0.4, 0.5) is 0 Å². The Kier molecular flexibility index (Phi) is 12.8. The van der Waals surface area contributed by atoms with Crippen LogP contribution >= 0.6 is 0 Å². The summed E-state index contributed by atoms with van der Waals surface area (Å²) in [6, 6.07) is -0.707. The van der Waals surface area contributed by atoms with Gasteiger partial charge in [-0.1, -0.05) is 53.5 Å². The van der Waals surface area contributed by atoms with Crippen LogP contribution in [0.25, 0.3) is 0 Å². The summed E-state index contributed by atoms with van der Waals surface area (Å²) in [5.41, 5.74) is -0.722. The van der Waals surface area contributed by atoms with Gasteiger partial charge < -0.3 is 10.0 Å². The van der Waals surface area contributed by atoms with Gasteiger partial charge in [0.25, 0.3) is 0 Å². The molecule has 0 aromatic carbocycles. The number of piperidine rings is 1. The third-order valence-corrected chi connectivity index (χ3v) is 14.8. The molecule has 1 N–H and O–H groups in total. The Bertz CT molecular complexity index is 1380. The summed E-state index contributed by atoms with van der Waals surface area (Å²) in [5, 5.41) is 10.4. The summed E-state index contributed by atoms with van der Waals surface area (Å²) in [7, 11) is -3.46. The fourth-order valence-corrected chi connectivity index (χ4v) is 10.5. The highest BCUT2D eigenvalue weighted by Gasteiger charge is 2.69. The molecule has 2 saturated carbocycles. The van der Waals surface area contributed by atoms with Crippen molar-refractivity contribution in [1.82, 2.24) is 4.90 Å². The first-order valence-electron chi connectivity index (χ1n) is 17.9. The van der Waals surface area contributed by atoms with Crippen molar-refractivity contribution in [1.29, 1.82) is 0 Å². The Morgan fingerprint density at radius 3 is 2.25 bits per heavy atom. The highest BCUT2D eigenvalue weighted by Crippen LogP contribution is 2.65. The van der Waals surface area contributed by atoms with Gasteiger partial charge >= 0.3 is 0 Å². The van der Waals surface area contributed by atoms with Gasteiger partial charge in [-0.05, 0) is 81.0 Å². The number of carbonyl (C=O) groups is 4. The largest absolute Gasteiger partial charge is 0.385 e. The molecule has 0 aromatic rings. The van der Waals surface area contributed by atoms with Crippen LogP contribution in [0.2, 0.25) is 0 Å². The third-order valence-electron chi connectivity index (χ3n) is 11.7. The monoisotopic (exact) mass is 687 g/mol. The molecule has 2 aliphatic carbocycles. The van der Waals surface area contributed by atoms with Gasteiger partial charge in [0.1, 0.15) is 11.9 Å². The minimum atomic E-state index is -3.46. The highest BCUT2D eigenvalue weighted by atomic mass is 32.2. The van der Waals surface area contributed by atoms with Crippen molar-refractivity contribution in [2.45, 2.75) is 148 Å². The van der Waals surface area contributed by atoms with Crippen LogP contribution in [0.3, 0.4) is 0 Å². The zero-order chi connectivity index (χ0) is 36.4. The van der Waals surface area contributed by atoms with Gasteiger partial charge in [-0.25, -0.2) is 8.42 Å². The van der Waals surface area contributed by atoms with Gasteiger partial charge in [-0.3, -0.25) is 19.2 Å². The number of terminal acetylenes is 1. The number of nitrogens with zero attached hydrogens (tertiary/aromatic N) is 1. The number of likely N-dealkylation sites (tertiary alicyclic amines) is 1. The number of hydrogen-bond donors (Lipinski definition) is 1. The molecular formula is C39H61NO7S. The fraction of sp³-hybridized carbons (Fsp3) is 0.795. The standard InChI is InChI=1S/C39H61NO7S/c1-11-13-17-26(35(44)30(42)19-14-12-2)22-31(43)34-33-29(39(33,9)10)24-40(34)36(45)28(37(3,4)5)23-27(41)21-25-18-15-16-20-32(25)48(46,47)38(6,7)8/h1,12,25-26,28-29,32-35,44H,2,13-24H2,3-10H3/t25-,26?,28-,29+,32-,33+,34-,35?/m1/s1. The second-order valence-electron chi connectivity index (χ2n) is 17.4. The highest BCUT2D eigenvalue weighted by molar-refractivity contribution is 7.93. The summed E-state index contributed by atoms with van der Waals surface area (Å²) < 4.78 is 26.0. The Labute approximate surface area is 290 Å². The van der Waals surface area contributed by atoms with Crippen molar-refractivity contribution < 1.29 is 32.7 Å². The fourth-order valence-electron chi connectivity index (χ4n) is 8.39. The molecule has 1 saturated heterocycles. The molecule has 3 rings (SSSR count). The van der Waals surface area contributed by atoms with E-state index in [1.807, 2.05) is 20.8 Å². The van der Waals surface area contributed by atoms with Crippen molar-refractivity contribution >= 4 is 33.1 Å². The summed E-state index contributed by atoms with van der Waals surface area (Å²) >= 11 is 0. The Morgan fingerprint density at radius 2 is 1.69 bits per heavy atom. The minimum Gasteiger partial charge on any atom is -0.385 e. The zero-order valence-electron chi connectivity index (χ0n) is 30.7. The number of sulfone groups is 1. The molecule has 2 unspecified atom stereocenters. The van der Waals surface area contributed by atoms with Crippen LogP contribution in [-0.4, -0.2) is 70.4 Å². The number of allylic oxidation sites excluding steroid dienone is 1. The molecular weight excluding hydrogens is 626 g/mol. The Morgan fingerprint density at radius 1 is 1.06 bits per heavy atom. The Balaban J connectivity index is 1.83. The summed E-state index contributed by atoms with van der Waals surface area (Å²) in [6.07, 6.45) is 9.91. The second kappa shape index (κ2) is 15.3. The zero-order valence-corrected chi connectivity index (χ0v) is 31.5. The predicted octanol–water partition coefficient (Wildman–Crippen LogP) is 6.14. The number of aliphatic hydroxyl groups excluding tert-OH is 1. The number of aliphatic hydroxyl groups is 1. The SMILES string of the molecule is C#CCCC(CC(=O)[C@@H]1[C@@H]2[C@H](CN1C(=O)[C@@H](CC(=O)C[C@H]1CCCC[C@H]1S(=O)(=O)C(C)(C)C)C(C)(C)C)C2(C)C)C(O)C(=O)CCC=C. The van der Waals surface area contributed by atoms with E-state index in [0.29, 0.717) is 38.6 Å². The van der Waals surface area contributed by atoms with Crippen molar-refractivity contribution in [2.24, 2.45) is 40.4 Å². The van der Waals surface area contributed by atoms with Crippen molar-refractivity contribution in [2.75, 3.05) is 6.54 Å². The molecule has 270 valence electrons. The smallest absolute Gasteiger partial charge is 0.227 e. The van der Waals surface area contributed by atoms with E-state index in [2.05, 4.69) is 26.3 Å². The van der Waals surface area contributed by atoms with E-state index in [1.54, 1.807) is 31.7 Å². The molecule has 8 atom stereocenters. The lowest BCUT2D eigenvalue weighted by molar-refractivity contribution is -0.148. The van der Waals surface area contributed by atoms with Gasteiger partial charge in [0.05, 0.1) is 16.0 Å². The van der Waals surface area contributed by atoms with E-state index in [-0.39, 0.29) is 72.1 Å². The number of fused-ring (bicyclic) bond motifs is 1. The van der Waals surface area contributed by atoms with Crippen molar-refractivity contribution in [3.8, 4) is 12.3 Å². The van der Waals surface area contributed by atoms with Crippen LogP contribution in [0.15, 0.2) is 12.7 Å².